The fourth-order valence-electron chi connectivity index (χ4n) is 1.86. The third kappa shape index (κ3) is 3.54. The Morgan fingerprint density at radius 1 is 1.42 bits per heavy atom. The number of aromatic nitrogens is 1. The molecule has 0 aliphatic rings. The van der Waals surface area contributed by atoms with Crippen LogP contribution in [0, 0.1) is 0 Å². The second-order valence-corrected chi connectivity index (χ2v) is 4.44. The van der Waals surface area contributed by atoms with Crippen LogP contribution in [0.1, 0.15) is 32.1 Å². The number of hydrogen-bond donors (Lipinski definition) is 2. The number of nitrogens with zero attached hydrogens (tertiary/aromatic N) is 1. The Morgan fingerprint density at radius 3 is 3.00 bits per heavy atom. The molecule has 3 N–H and O–H groups in total. The first-order valence-corrected chi connectivity index (χ1v) is 6.62. The van der Waals surface area contributed by atoms with E-state index < -0.39 is 0 Å². The van der Waals surface area contributed by atoms with Gasteiger partial charge in [0.2, 0.25) is 5.91 Å². The highest BCUT2D eigenvalue weighted by Gasteiger charge is 2.07. The third-order valence-electron chi connectivity index (χ3n) is 2.88. The number of rotatable bonds is 6. The number of benzene rings is 1. The molecule has 0 unspecified atom stereocenters. The van der Waals surface area contributed by atoms with E-state index in [-0.39, 0.29) is 5.91 Å². The number of carbonyl (C=O) groups excluding carboxylic acids is 1. The van der Waals surface area contributed by atoms with Crippen molar-refractivity contribution in [2.24, 2.45) is 5.73 Å². The van der Waals surface area contributed by atoms with Gasteiger partial charge in [0.05, 0.1) is 0 Å². The lowest BCUT2D eigenvalue weighted by Crippen LogP contribution is -2.11. The summed E-state index contributed by atoms with van der Waals surface area (Å²) in [6, 6.07) is 5.49. The molecular formula is C14H19N3O2. The molecule has 0 saturated heterocycles. The molecule has 0 atom stereocenters. The number of nitrogens with two attached hydrogens (primary N) is 1. The summed E-state index contributed by atoms with van der Waals surface area (Å²) in [4.78, 5) is 16.0. The fourth-order valence-corrected chi connectivity index (χ4v) is 1.86. The van der Waals surface area contributed by atoms with Gasteiger partial charge in [0.25, 0.3) is 0 Å². The lowest BCUT2D eigenvalue weighted by atomic mass is 10.2. The molecule has 5 nitrogen and oxygen atoms in total. The largest absolute Gasteiger partial charge is 0.441 e. The maximum atomic E-state index is 11.7. The van der Waals surface area contributed by atoms with Crippen LogP contribution in [0.15, 0.2) is 22.6 Å². The van der Waals surface area contributed by atoms with Crippen molar-refractivity contribution in [1.29, 1.82) is 0 Å². The highest BCUT2D eigenvalue weighted by atomic mass is 16.3. The van der Waals surface area contributed by atoms with Crippen molar-refractivity contribution >= 4 is 22.7 Å². The number of anilines is 1. The van der Waals surface area contributed by atoms with Gasteiger partial charge in [-0.2, -0.15) is 0 Å². The molecule has 5 heteroatoms. The van der Waals surface area contributed by atoms with Gasteiger partial charge in [-0.15, -0.1) is 0 Å². The lowest BCUT2D eigenvalue weighted by molar-refractivity contribution is -0.116. The lowest BCUT2D eigenvalue weighted by Gasteiger charge is -2.04. The zero-order chi connectivity index (χ0) is 13.7. The van der Waals surface area contributed by atoms with E-state index >= 15 is 0 Å². The number of carbonyl (C=O) groups is 1. The highest BCUT2D eigenvalue weighted by molar-refractivity contribution is 5.92. The van der Waals surface area contributed by atoms with E-state index in [9.17, 15) is 4.79 Å². The Bertz CT molecular complexity index is 563. The first-order chi connectivity index (χ1) is 9.22. The molecule has 0 spiro atoms. The topological polar surface area (TPSA) is 81.2 Å². The molecule has 2 rings (SSSR count). The summed E-state index contributed by atoms with van der Waals surface area (Å²) in [7, 11) is 0. The van der Waals surface area contributed by atoms with Crippen molar-refractivity contribution in [2.45, 2.75) is 32.6 Å². The molecule has 19 heavy (non-hydrogen) atoms. The van der Waals surface area contributed by atoms with Crippen molar-refractivity contribution < 1.29 is 9.21 Å². The van der Waals surface area contributed by atoms with Gasteiger partial charge in [-0.25, -0.2) is 4.98 Å². The van der Waals surface area contributed by atoms with Gasteiger partial charge in [0.15, 0.2) is 11.5 Å². The number of aryl methyl sites for hydroxylation is 1. The number of hydrogen-bond acceptors (Lipinski definition) is 4. The Morgan fingerprint density at radius 2 is 2.26 bits per heavy atom. The second-order valence-electron chi connectivity index (χ2n) is 4.44. The number of unbranched alkanes of at least 4 members (excludes halogenated alkanes) is 1. The molecule has 0 fully saturated rings. The normalized spacial score (nSPS) is 10.8. The van der Waals surface area contributed by atoms with E-state index in [1.165, 1.54) is 0 Å². The summed E-state index contributed by atoms with van der Waals surface area (Å²) < 4.78 is 5.52. The van der Waals surface area contributed by atoms with E-state index in [1.54, 1.807) is 0 Å². The molecule has 1 aromatic heterocycles. The van der Waals surface area contributed by atoms with Gasteiger partial charge in [-0.1, -0.05) is 6.92 Å². The Hall–Kier alpha value is -1.88. The molecule has 1 heterocycles. The molecule has 0 aliphatic heterocycles. The third-order valence-corrected chi connectivity index (χ3v) is 2.88. The Balaban J connectivity index is 2.02. The standard InChI is InChI=1S/C14H19N3O2/c1-2-14-17-11-9-10(6-7-12(11)19-14)16-13(18)5-3-4-8-15/h6-7,9H,2-5,8,15H2,1H3,(H,16,18). The zero-order valence-electron chi connectivity index (χ0n) is 11.1. The summed E-state index contributed by atoms with van der Waals surface area (Å²) in [5, 5.41) is 2.86. The number of nitrogens with one attached hydrogen (secondary N) is 1. The molecule has 0 radical (unpaired) electrons. The van der Waals surface area contributed by atoms with Crippen LogP contribution in [-0.2, 0) is 11.2 Å². The monoisotopic (exact) mass is 261 g/mol. The van der Waals surface area contributed by atoms with Crippen LogP contribution < -0.4 is 11.1 Å². The van der Waals surface area contributed by atoms with Crippen LogP contribution in [0.5, 0.6) is 0 Å². The van der Waals surface area contributed by atoms with Crippen molar-refractivity contribution in [3.8, 4) is 0 Å². The van der Waals surface area contributed by atoms with Gasteiger partial charge in [-0.05, 0) is 37.6 Å². The number of oxazole rings is 1. The van der Waals surface area contributed by atoms with Crippen molar-refractivity contribution in [2.75, 3.05) is 11.9 Å². The number of fused-ring (bicyclic) bond motifs is 1. The molecule has 1 aromatic carbocycles. The summed E-state index contributed by atoms with van der Waals surface area (Å²) >= 11 is 0. The summed E-state index contributed by atoms with van der Waals surface area (Å²) in [6.45, 7) is 2.61. The maximum absolute atomic E-state index is 11.7. The van der Waals surface area contributed by atoms with Gasteiger partial charge >= 0.3 is 0 Å². The highest BCUT2D eigenvalue weighted by Crippen LogP contribution is 2.20. The van der Waals surface area contributed by atoms with Gasteiger partial charge in [-0.3, -0.25) is 4.79 Å². The van der Waals surface area contributed by atoms with Gasteiger partial charge in [0, 0.05) is 18.5 Å². The zero-order valence-corrected chi connectivity index (χ0v) is 11.1. The minimum Gasteiger partial charge on any atom is -0.441 e. The second kappa shape index (κ2) is 6.33. The molecule has 0 bridgehead atoms. The molecule has 0 aliphatic carbocycles. The van der Waals surface area contributed by atoms with Crippen molar-refractivity contribution in [1.82, 2.24) is 4.98 Å². The van der Waals surface area contributed by atoms with Crippen molar-refractivity contribution in [3.63, 3.8) is 0 Å². The van der Waals surface area contributed by atoms with Gasteiger partial charge in [0.1, 0.15) is 5.52 Å². The molecule has 102 valence electrons. The van der Waals surface area contributed by atoms with Crippen molar-refractivity contribution in [3.05, 3.63) is 24.1 Å². The smallest absolute Gasteiger partial charge is 0.224 e. The summed E-state index contributed by atoms with van der Waals surface area (Å²) in [6.07, 6.45) is 2.94. The quantitative estimate of drug-likeness (QED) is 0.783. The van der Waals surface area contributed by atoms with E-state index in [4.69, 9.17) is 10.2 Å². The molecular weight excluding hydrogens is 242 g/mol. The van der Waals surface area contributed by atoms with Crippen LogP contribution in [0.25, 0.3) is 11.1 Å². The average molecular weight is 261 g/mol. The van der Waals surface area contributed by atoms with Gasteiger partial charge < -0.3 is 15.5 Å². The first kappa shape index (κ1) is 13.5. The molecule has 0 saturated carbocycles. The predicted octanol–water partition coefficient (Wildman–Crippen LogP) is 2.46. The summed E-state index contributed by atoms with van der Waals surface area (Å²) in [5.41, 5.74) is 7.67. The fraction of sp³-hybridized carbons (Fsp3) is 0.429. The van der Waals surface area contributed by atoms with Crippen LogP contribution in [0.2, 0.25) is 0 Å². The SMILES string of the molecule is CCc1nc2cc(NC(=O)CCCCN)ccc2o1. The van der Waals surface area contributed by atoms with E-state index in [1.807, 2.05) is 25.1 Å². The van der Waals surface area contributed by atoms with E-state index in [2.05, 4.69) is 10.3 Å². The minimum absolute atomic E-state index is 0.00649. The predicted molar refractivity (Wildman–Crippen MR) is 74.9 cm³/mol. The van der Waals surface area contributed by atoms with Crippen LogP contribution in [0.3, 0.4) is 0 Å². The number of amides is 1. The Labute approximate surface area is 112 Å². The summed E-state index contributed by atoms with van der Waals surface area (Å²) in [5.74, 6) is 0.716. The molecule has 1 amide bonds. The average Bonchev–Trinajstić information content (AvgIpc) is 2.81. The van der Waals surface area contributed by atoms with Crippen LogP contribution in [0.4, 0.5) is 5.69 Å². The van der Waals surface area contributed by atoms with E-state index in [0.29, 0.717) is 18.9 Å². The Kier molecular flexibility index (Phi) is 4.52. The maximum Gasteiger partial charge on any atom is 0.224 e. The van der Waals surface area contributed by atoms with Crippen LogP contribution >= 0.6 is 0 Å². The first-order valence-electron chi connectivity index (χ1n) is 6.62. The van der Waals surface area contributed by atoms with E-state index in [0.717, 1.165) is 36.0 Å². The molecule has 2 aromatic rings. The van der Waals surface area contributed by atoms with Crippen LogP contribution in [-0.4, -0.2) is 17.4 Å². The minimum atomic E-state index is 0.00649.